The molecule has 0 aromatic heterocycles. The van der Waals surface area contributed by atoms with Crippen molar-refractivity contribution in [3.63, 3.8) is 0 Å². The van der Waals surface area contributed by atoms with E-state index in [0.29, 0.717) is 25.2 Å². The Morgan fingerprint density at radius 2 is 1.86 bits per heavy atom. The first-order chi connectivity index (χ1) is 9.88. The fourth-order valence-corrected chi connectivity index (χ4v) is 3.23. The van der Waals surface area contributed by atoms with E-state index in [-0.39, 0.29) is 6.54 Å². The average molecular weight is 298 g/mol. The number of urea groups is 1. The highest BCUT2D eigenvalue weighted by Crippen LogP contribution is 2.28. The predicted molar refractivity (Wildman–Crippen MR) is 74.6 cm³/mol. The van der Waals surface area contributed by atoms with Gasteiger partial charge in [0, 0.05) is 25.2 Å². The zero-order valence-electron chi connectivity index (χ0n) is 12.2. The van der Waals surface area contributed by atoms with E-state index >= 15 is 0 Å². The normalized spacial score (nSPS) is 25.5. The maximum Gasteiger partial charge on any atom is 0.323 e. The van der Waals surface area contributed by atoms with Gasteiger partial charge in [0.15, 0.2) is 0 Å². The van der Waals surface area contributed by atoms with Gasteiger partial charge in [-0.05, 0) is 26.3 Å². The Morgan fingerprint density at radius 1 is 1.19 bits per heavy atom. The van der Waals surface area contributed by atoms with Crippen LogP contribution in [0.2, 0.25) is 0 Å². The molecule has 21 heavy (non-hydrogen) atoms. The van der Waals surface area contributed by atoms with Crippen LogP contribution in [0.3, 0.4) is 0 Å². The number of carbonyl (C=O) groups is 3. The molecule has 0 aliphatic carbocycles. The van der Waals surface area contributed by atoms with E-state index in [1.54, 1.807) is 4.90 Å². The molecule has 8 heteroatoms. The van der Waals surface area contributed by atoms with Crippen LogP contribution in [0.15, 0.2) is 0 Å². The number of aliphatic carboxylic acids is 1. The van der Waals surface area contributed by atoms with Gasteiger partial charge in [-0.25, -0.2) is 4.79 Å². The molecule has 2 fully saturated rings. The van der Waals surface area contributed by atoms with Gasteiger partial charge in [-0.2, -0.15) is 0 Å². The Hall–Kier alpha value is -1.83. The monoisotopic (exact) mass is 298 g/mol. The number of carbonyl (C=O) groups excluding carboxylic acids is 2. The van der Waals surface area contributed by atoms with E-state index in [0.717, 1.165) is 24.2 Å². The van der Waals surface area contributed by atoms with Gasteiger partial charge in [0.1, 0.15) is 13.1 Å². The molecule has 2 unspecified atom stereocenters. The molecule has 0 saturated carbocycles. The summed E-state index contributed by atoms with van der Waals surface area (Å²) in [5.41, 5.74) is 5.10. The highest BCUT2D eigenvalue weighted by Gasteiger charge is 2.37. The van der Waals surface area contributed by atoms with Crippen LogP contribution in [-0.4, -0.2) is 83.0 Å². The Labute approximate surface area is 123 Å². The topological polar surface area (TPSA) is 107 Å². The molecular weight excluding hydrogens is 276 g/mol. The Kier molecular flexibility index (Phi) is 4.66. The number of fused-ring (bicyclic) bond motifs is 2. The van der Waals surface area contributed by atoms with Gasteiger partial charge < -0.3 is 20.6 Å². The maximum absolute atomic E-state index is 12.5. The molecule has 3 N–H and O–H groups in total. The summed E-state index contributed by atoms with van der Waals surface area (Å²) in [5, 5.41) is 8.87. The number of likely N-dealkylation sites (N-methyl/N-ethyl adjacent to an activating group) is 1. The van der Waals surface area contributed by atoms with Crippen LogP contribution < -0.4 is 5.73 Å². The second kappa shape index (κ2) is 6.30. The number of likely N-dealkylation sites (tertiary alicyclic amines) is 1. The van der Waals surface area contributed by atoms with Gasteiger partial charge in [0.25, 0.3) is 0 Å². The highest BCUT2D eigenvalue weighted by molar-refractivity contribution is 5.86. The molecule has 2 bridgehead atoms. The number of hydrogen-bond acceptors (Lipinski definition) is 4. The SMILES string of the molecule is CN1C2CCC1CN(C(=O)N(CC(N)=O)CC(=O)O)CC2. The molecule has 118 valence electrons. The summed E-state index contributed by atoms with van der Waals surface area (Å²) >= 11 is 0. The third-order valence-corrected chi connectivity index (χ3v) is 4.36. The van der Waals surface area contributed by atoms with Crippen molar-refractivity contribution >= 4 is 17.9 Å². The number of hydrogen-bond donors (Lipinski definition) is 2. The summed E-state index contributed by atoms with van der Waals surface area (Å²) in [6.45, 7) is 0.272. The van der Waals surface area contributed by atoms with Gasteiger partial charge in [-0.1, -0.05) is 0 Å². The number of amides is 3. The summed E-state index contributed by atoms with van der Waals surface area (Å²) in [6, 6.07) is 0.371. The first-order valence-electron chi connectivity index (χ1n) is 7.14. The minimum Gasteiger partial charge on any atom is -0.480 e. The number of primary amides is 1. The van der Waals surface area contributed by atoms with Gasteiger partial charge >= 0.3 is 12.0 Å². The predicted octanol–water partition coefficient (Wildman–Crippen LogP) is -0.853. The number of carboxylic acids is 1. The van der Waals surface area contributed by atoms with Crippen molar-refractivity contribution in [1.82, 2.24) is 14.7 Å². The average Bonchev–Trinajstić information content (AvgIpc) is 2.60. The molecule has 2 aliphatic rings. The molecule has 0 aromatic rings. The van der Waals surface area contributed by atoms with Crippen LogP contribution in [0, 0.1) is 0 Å². The van der Waals surface area contributed by atoms with Crippen molar-refractivity contribution in [3.05, 3.63) is 0 Å². The molecule has 0 spiro atoms. The van der Waals surface area contributed by atoms with Crippen LogP contribution in [0.25, 0.3) is 0 Å². The first-order valence-corrected chi connectivity index (χ1v) is 7.14. The summed E-state index contributed by atoms with van der Waals surface area (Å²) in [5.74, 6) is -1.86. The lowest BCUT2D eigenvalue weighted by molar-refractivity contribution is -0.138. The molecule has 2 saturated heterocycles. The zero-order chi connectivity index (χ0) is 15.6. The van der Waals surface area contributed by atoms with Crippen molar-refractivity contribution in [2.24, 2.45) is 5.73 Å². The summed E-state index contributed by atoms with van der Waals surface area (Å²) in [6.07, 6.45) is 3.05. The molecule has 2 atom stereocenters. The van der Waals surface area contributed by atoms with Crippen molar-refractivity contribution in [3.8, 4) is 0 Å². The number of nitrogens with two attached hydrogens (primary N) is 1. The lowest BCUT2D eigenvalue weighted by Crippen LogP contribution is -2.50. The smallest absolute Gasteiger partial charge is 0.323 e. The number of carboxylic acid groups (broad SMARTS) is 1. The van der Waals surface area contributed by atoms with Gasteiger partial charge in [0.05, 0.1) is 0 Å². The van der Waals surface area contributed by atoms with Gasteiger partial charge in [-0.3, -0.25) is 14.5 Å². The summed E-state index contributed by atoms with van der Waals surface area (Å²) in [7, 11) is 2.06. The van der Waals surface area contributed by atoms with E-state index in [1.807, 2.05) is 0 Å². The van der Waals surface area contributed by atoms with Crippen molar-refractivity contribution in [2.45, 2.75) is 31.3 Å². The quantitative estimate of drug-likeness (QED) is 0.703. The molecule has 0 radical (unpaired) electrons. The lowest BCUT2D eigenvalue weighted by Gasteiger charge is -2.30. The van der Waals surface area contributed by atoms with Crippen LogP contribution in [0.5, 0.6) is 0 Å². The third-order valence-electron chi connectivity index (χ3n) is 4.36. The minimum absolute atomic E-state index is 0.307. The van der Waals surface area contributed by atoms with E-state index in [4.69, 9.17) is 10.8 Å². The Bertz CT molecular complexity index is 426. The Balaban J connectivity index is 2.05. The molecule has 2 rings (SSSR count). The molecule has 0 aromatic carbocycles. The lowest BCUT2D eigenvalue weighted by atomic mass is 10.1. The van der Waals surface area contributed by atoms with E-state index in [9.17, 15) is 14.4 Å². The third kappa shape index (κ3) is 3.63. The standard InChI is InChI=1S/C13H22N4O4/c1-15-9-2-3-10(15)6-16(5-4-9)13(21)17(7-11(14)18)8-12(19)20/h9-10H,2-8H2,1H3,(H2,14,18)(H,19,20). The number of rotatable bonds is 4. The van der Waals surface area contributed by atoms with E-state index < -0.39 is 24.5 Å². The van der Waals surface area contributed by atoms with Gasteiger partial charge in [-0.15, -0.1) is 0 Å². The molecule has 3 amide bonds. The van der Waals surface area contributed by atoms with Crippen molar-refractivity contribution in [1.29, 1.82) is 0 Å². The van der Waals surface area contributed by atoms with Crippen LogP contribution in [-0.2, 0) is 9.59 Å². The van der Waals surface area contributed by atoms with E-state index in [2.05, 4.69) is 11.9 Å². The molecule has 2 heterocycles. The minimum atomic E-state index is -1.15. The second-order valence-electron chi connectivity index (χ2n) is 5.78. The number of nitrogens with zero attached hydrogens (tertiary/aromatic N) is 3. The molecule has 8 nitrogen and oxygen atoms in total. The van der Waals surface area contributed by atoms with Crippen molar-refractivity contribution < 1.29 is 19.5 Å². The summed E-state index contributed by atoms with van der Waals surface area (Å²) in [4.78, 5) is 39.3. The van der Waals surface area contributed by atoms with Crippen LogP contribution in [0.4, 0.5) is 4.79 Å². The van der Waals surface area contributed by atoms with E-state index in [1.165, 1.54) is 0 Å². The van der Waals surface area contributed by atoms with Crippen molar-refractivity contribution in [2.75, 3.05) is 33.2 Å². The summed E-state index contributed by atoms with van der Waals surface area (Å²) < 4.78 is 0. The molecular formula is C13H22N4O4. The second-order valence-corrected chi connectivity index (χ2v) is 5.78. The maximum atomic E-state index is 12.5. The van der Waals surface area contributed by atoms with Crippen LogP contribution in [0.1, 0.15) is 19.3 Å². The largest absolute Gasteiger partial charge is 0.480 e. The molecule has 2 aliphatic heterocycles. The fraction of sp³-hybridized carbons (Fsp3) is 0.769. The zero-order valence-corrected chi connectivity index (χ0v) is 12.2. The van der Waals surface area contributed by atoms with Crippen LogP contribution >= 0.6 is 0 Å². The Morgan fingerprint density at radius 3 is 2.48 bits per heavy atom. The first kappa shape index (κ1) is 15.6. The fourth-order valence-electron chi connectivity index (χ4n) is 3.23. The highest BCUT2D eigenvalue weighted by atomic mass is 16.4. The van der Waals surface area contributed by atoms with Gasteiger partial charge in [0.2, 0.25) is 5.91 Å².